The van der Waals surface area contributed by atoms with Gasteiger partial charge in [-0.3, -0.25) is 37.3 Å². The van der Waals surface area contributed by atoms with E-state index in [1.807, 2.05) is 0 Å². The molecule has 5 atom stereocenters. The molecule has 0 saturated carbocycles. The van der Waals surface area contributed by atoms with Crippen molar-refractivity contribution in [1.82, 2.24) is 10.6 Å². The molecule has 0 aromatic rings. The summed E-state index contributed by atoms with van der Waals surface area (Å²) in [6, 6.07) is -1.72. The van der Waals surface area contributed by atoms with Crippen molar-refractivity contribution in [3.8, 4) is 0 Å². The summed E-state index contributed by atoms with van der Waals surface area (Å²) in [5.41, 5.74) is 0. The standard InChI is InChI=1S/C74H146N2O14P2/c1-5-9-13-17-21-25-29-33-37-41-45-49-53-57-70(77)62-61-68(75-72(79)58-54-50-46-42-38-34-30-26-22-18-14-10-6-2)64-87-91(82,83)89-66-71(78)67-90-92(84,85)88-65-69(76-73(80)59-55-51-47-43-39-35-31-27-23-19-15-11-7-3)63-86-74(81)60-56-52-48-44-40-36-32-28-24-20-16-12-8-4/h68-69,71,78H,5-67H2,1-4H3,(H,75,79)(H,76,80)(H,82,83)(H,84,85). The lowest BCUT2D eigenvalue weighted by Gasteiger charge is -2.22. The summed E-state index contributed by atoms with van der Waals surface area (Å²) >= 11 is 0. The van der Waals surface area contributed by atoms with Gasteiger partial charge in [-0.15, -0.1) is 0 Å². The Morgan fingerprint density at radius 3 is 0.848 bits per heavy atom. The van der Waals surface area contributed by atoms with Crippen LogP contribution >= 0.6 is 15.6 Å². The van der Waals surface area contributed by atoms with Crippen molar-refractivity contribution in [1.29, 1.82) is 0 Å². The Hall–Kier alpha value is -1.74. The number of carbonyl (C=O) groups is 4. The van der Waals surface area contributed by atoms with E-state index in [1.165, 1.54) is 238 Å². The van der Waals surface area contributed by atoms with E-state index in [4.69, 9.17) is 22.8 Å². The molecule has 546 valence electrons. The van der Waals surface area contributed by atoms with Crippen molar-refractivity contribution in [2.75, 3.05) is 33.0 Å². The first kappa shape index (κ1) is 90.3. The molecule has 0 aliphatic carbocycles. The molecule has 0 aromatic carbocycles. The van der Waals surface area contributed by atoms with Crippen molar-refractivity contribution in [2.45, 2.75) is 418 Å². The van der Waals surface area contributed by atoms with Gasteiger partial charge in [0.2, 0.25) is 11.8 Å². The third-order valence-corrected chi connectivity index (χ3v) is 19.6. The third-order valence-electron chi connectivity index (χ3n) is 17.7. The van der Waals surface area contributed by atoms with Gasteiger partial charge < -0.3 is 30.3 Å². The minimum Gasteiger partial charge on any atom is -0.463 e. The minimum absolute atomic E-state index is 0.0554. The van der Waals surface area contributed by atoms with Crippen LogP contribution in [0.1, 0.15) is 400 Å². The molecule has 0 heterocycles. The number of esters is 1. The van der Waals surface area contributed by atoms with E-state index in [2.05, 4.69) is 38.3 Å². The van der Waals surface area contributed by atoms with Gasteiger partial charge in [0.05, 0.1) is 38.5 Å². The zero-order chi connectivity index (χ0) is 67.5. The number of rotatable bonds is 75. The topological polar surface area (TPSA) is 233 Å². The molecule has 0 fully saturated rings. The largest absolute Gasteiger partial charge is 0.472 e. The number of ether oxygens (including phenoxy) is 1. The average molecular weight is 1350 g/mol. The molecule has 0 rings (SSSR count). The molecule has 0 radical (unpaired) electrons. The molecule has 16 nitrogen and oxygen atoms in total. The monoisotopic (exact) mass is 1350 g/mol. The highest BCUT2D eigenvalue weighted by Gasteiger charge is 2.29. The summed E-state index contributed by atoms with van der Waals surface area (Å²) in [4.78, 5) is 73.4. The maximum Gasteiger partial charge on any atom is 0.472 e. The average Bonchev–Trinajstić information content (AvgIpc) is 3.63. The van der Waals surface area contributed by atoms with Crippen LogP contribution in [-0.2, 0) is 51.1 Å². The van der Waals surface area contributed by atoms with Crippen LogP contribution < -0.4 is 10.6 Å². The van der Waals surface area contributed by atoms with E-state index in [0.717, 1.165) is 77.0 Å². The number of Topliss-reactive ketones (excluding diaryl/α,β-unsaturated/α-hetero) is 1. The number of aliphatic hydroxyl groups excluding tert-OH is 1. The van der Waals surface area contributed by atoms with Crippen LogP contribution in [0.5, 0.6) is 0 Å². The van der Waals surface area contributed by atoms with E-state index < -0.39 is 66.2 Å². The SMILES string of the molecule is CCCCCCCCCCCCCCCC(=O)CCC(COP(=O)(O)OCC(O)COP(=O)(O)OCC(COC(=O)CCCCCCCCCCCCCCC)NC(=O)CCCCCCCCCCCCCCC)NC(=O)CCCCCCCCCCCCCCC. The zero-order valence-corrected chi connectivity index (χ0v) is 61.8. The lowest BCUT2D eigenvalue weighted by Crippen LogP contribution is -2.42. The lowest BCUT2D eigenvalue weighted by molar-refractivity contribution is -0.145. The van der Waals surface area contributed by atoms with E-state index >= 15 is 0 Å². The van der Waals surface area contributed by atoms with E-state index in [-0.39, 0.29) is 56.3 Å². The first-order valence-electron chi connectivity index (χ1n) is 38.8. The van der Waals surface area contributed by atoms with Gasteiger partial charge in [0.25, 0.3) is 0 Å². The number of unbranched alkanes of at least 4 members (excludes halogenated alkanes) is 48. The summed E-state index contributed by atoms with van der Waals surface area (Å²) in [6.45, 7) is 6.03. The molecule has 0 aliphatic heterocycles. The highest BCUT2D eigenvalue weighted by Crippen LogP contribution is 2.45. The normalized spacial score (nSPS) is 14.0. The molecule has 0 saturated heterocycles. The van der Waals surface area contributed by atoms with Crippen molar-refractivity contribution < 1.29 is 66.0 Å². The van der Waals surface area contributed by atoms with Crippen LogP contribution in [0.4, 0.5) is 0 Å². The second-order valence-electron chi connectivity index (χ2n) is 27.0. The molecule has 0 spiro atoms. The number of carbonyl (C=O) groups excluding carboxylic acids is 4. The van der Waals surface area contributed by atoms with Crippen molar-refractivity contribution in [3.05, 3.63) is 0 Å². The van der Waals surface area contributed by atoms with Crippen LogP contribution in [0, 0.1) is 0 Å². The first-order valence-corrected chi connectivity index (χ1v) is 41.8. The predicted molar refractivity (Wildman–Crippen MR) is 380 cm³/mol. The fraction of sp³-hybridized carbons (Fsp3) is 0.946. The van der Waals surface area contributed by atoms with E-state index in [1.54, 1.807) is 0 Å². The molecule has 18 heteroatoms. The van der Waals surface area contributed by atoms with Gasteiger partial charge in [0.1, 0.15) is 18.5 Å². The van der Waals surface area contributed by atoms with Crippen LogP contribution in [0.25, 0.3) is 0 Å². The Morgan fingerprint density at radius 2 is 0.543 bits per heavy atom. The Bertz CT molecular complexity index is 1640. The predicted octanol–water partition coefficient (Wildman–Crippen LogP) is 21.4. The molecule has 0 bridgehead atoms. The molecular weight excluding hydrogens is 1200 g/mol. The number of ketones is 1. The molecule has 5 unspecified atom stereocenters. The third kappa shape index (κ3) is 66.9. The van der Waals surface area contributed by atoms with Gasteiger partial charge in [-0.2, -0.15) is 0 Å². The second-order valence-corrected chi connectivity index (χ2v) is 29.9. The van der Waals surface area contributed by atoms with E-state index in [9.17, 15) is 43.2 Å². The minimum atomic E-state index is -4.89. The number of nitrogens with one attached hydrogen (secondary N) is 2. The summed E-state index contributed by atoms with van der Waals surface area (Å²) in [5.74, 6) is -0.924. The molecule has 2 amide bonds. The maximum atomic E-state index is 13.2. The highest BCUT2D eigenvalue weighted by atomic mass is 31.2. The summed E-state index contributed by atoms with van der Waals surface area (Å²) in [7, 11) is -9.74. The second kappa shape index (κ2) is 67.8. The van der Waals surface area contributed by atoms with Gasteiger partial charge in [0, 0.05) is 32.1 Å². The molecule has 92 heavy (non-hydrogen) atoms. The van der Waals surface area contributed by atoms with Crippen LogP contribution in [0.3, 0.4) is 0 Å². The van der Waals surface area contributed by atoms with Gasteiger partial charge in [0.15, 0.2) is 0 Å². The van der Waals surface area contributed by atoms with Gasteiger partial charge >= 0.3 is 21.6 Å². The van der Waals surface area contributed by atoms with Crippen LogP contribution in [0.15, 0.2) is 0 Å². The molecule has 5 N–H and O–H groups in total. The van der Waals surface area contributed by atoms with Crippen molar-refractivity contribution >= 4 is 39.2 Å². The number of hydrogen-bond acceptors (Lipinski definition) is 12. The zero-order valence-electron chi connectivity index (χ0n) is 60.0. The quantitative estimate of drug-likeness (QED) is 0.0217. The molecule has 0 aliphatic rings. The van der Waals surface area contributed by atoms with E-state index in [0.29, 0.717) is 25.7 Å². The number of aliphatic hydroxyl groups is 1. The summed E-state index contributed by atoms with van der Waals surface area (Å²) in [6.07, 6.45) is 61.5. The Morgan fingerprint density at radius 1 is 0.304 bits per heavy atom. The number of phosphoric ester groups is 2. The smallest absolute Gasteiger partial charge is 0.463 e. The lowest BCUT2D eigenvalue weighted by atomic mass is 10.0. The fourth-order valence-corrected chi connectivity index (χ4v) is 13.3. The first-order chi connectivity index (χ1) is 44.7. The highest BCUT2D eigenvalue weighted by molar-refractivity contribution is 7.47. The van der Waals surface area contributed by atoms with Crippen molar-refractivity contribution in [3.63, 3.8) is 0 Å². The number of hydrogen-bond donors (Lipinski definition) is 5. The Balaban J connectivity index is 5.25. The van der Waals surface area contributed by atoms with Gasteiger partial charge in [-0.1, -0.05) is 336 Å². The summed E-state index contributed by atoms with van der Waals surface area (Å²) < 4.78 is 52.4. The molecule has 0 aromatic heterocycles. The fourth-order valence-electron chi connectivity index (χ4n) is 11.7. The van der Waals surface area contributed by atoms with Crippen LogP contribution in [0.2, 0.25) is 0 Å². The van der Waals surface area contributed by atoms with Crippen LogP contribution in [-0.4, -0.2) is 89.7 Å². The molecular formula is C74H146N2O14P2. The Kier molecular flexibility index (Phi) is 66.5. The number of phosphoric acid groups is 2. The number of amides is 2. The summed E-state index contributed by atoms with van der Waals surface area (Å²) in [5, 5.41) is 16.3. The maximum absolute atomic E-state index is 13.2. The van der Waals surface area contributed by atoms with Gasteiger partial charge in [-0.05, 0) is 32.1 Å². The van der Waals surface area contributed by atoms with Crippen molar-refractivity contribution in [2.24, 2.45) is 0 Å². The Labute approximate surface area is 564 Å². The van der Waals surface area contributed by atoms with Gasteiger partial charge in [-0.25, -0.2) is 9.13 Å².